The molecule has 0 aromatic rings. The molecule has 74 valence electrons. The normalized spacial score (nSPS) is 16.0. The van der Waals surface area contributed by atoms with Gasteiger partial charge in [-0.3, -0.25) is 0 Å². The van der Waals surface area contributed by atoms with Crippen LogP contribution in [0.5, 0.6) is 0 Å². The molecule has 0 radical (unpaired) electrons. The molecule has 0 aliphatic heterocycles. The minimum Gasteiger partial charge on any atom is -0.393 e. The number of aliphatic hydroxyl groups is 2. The monoisotopic (exact) mass is 174 g/mol. The Morgan fingerprint density at radius 3 is 2.17 bits per heavy atom. The Morgan fingerprint density at radius 2 is 1.67 bits per heavy atom. The van der Waals surface area contributed by atoms with Crippen LogP contribution in [0.25, 0.3) is 0 Å². The van der Waals surface area contributed by atoms with Crippen molar-refractivity contribution < 1.29 is 10.2 Å². The average molecular weight is 174 g/mol. The Kier molecular flexibility index (Phi) is 7.51. The van der Waals surface area contributed by atoms with Crippen LogP contribution in [0.3, 0.4) is 0 Å². The van der Waals surface area contributed by atoms with Gasteiger partial charge in [0, 0.05) is 0 Å². The van der Waals surface area contributed by atoms with Crippen LogP contribution >= 0.6 is 0 Å². The number of hydrogen-bond donors (Lipinski definition) is 2. The maximum atomic E-state index is 9.42. The van der Waals surface area contributed by atoms with Gasteiger partial charge in [0.25, 0.3) is 0 Å². The molecule has 0 rings (SSSR count). The number of hydrogen-bond acceptors (Lipinski definition) is 2. The third-order valence-corrected chi connectivity index (χ3v) is 2.16. The molecule has 0 aromatic heterocycles. The molecule has 2 N–H and O–H groups in total. The summed E-state index contributed by atoms with van der Waals surface area (Å²) in [6.45, 7) is 4.08. The van der Waals surface area contributed by atoms with Gasteiger partial charge >= 0.3 is 0 Å². The molecule has 0 fully saturated rings. The van der Waals surface area contributed by atoms with E-state index in [1.54, 1.807) is 0 Å². The van der Waals surface area contributed by atoms with Gasteiger partial charge in [0.05, 0.1) is 12.2 Å². The molecule has 2 heteroatoms. The van der Waals surface area contributed by atoms with E-state index < -0.39 is 0 Å². The molecule has 12 heavy (non-hydrogen) atoms. The molecule has 2 atom stereocenters. The van der Waals surface area contributed by atoms with Crippen molar-refractivity contribution in [3.8, 4) is 0 Å². The summed E-state index contributed by atoms with van der Waals surface area (Å²) in [5, 5.41) is 18.6. The van der Waals surface area contributed by atoms with Crippen LogP contribution < -0.4 is 0 Å². The summed E-state index contributed by atoms with van der Waals surface area (Å²) in [5.41, 5.74) is 0. The van der Waals surface area contributed by atoms with Gasteiger partial charge in [-0.25, -0.2) is 0 Å². The minimum atomic E-state index is -0.318. The van der Waals surface area contributed by atoms with Crippen molar-refractivity contribution in [2.75, 3.05) is 0 Å². The van der Waals surface area contributed by atoms with Crippen LogP contribution in [0.15, 0.2) is 0 Å². The molecule has 0 bridgehead atoms. The van der Waals surface area contributed by atoms with Crippen molar-refractivity contribution in [3.05, 3.63) is 0 Å². The Labute approximate surface area is 75.6 Å². The summed E-state index contributed by atoms with van der Waals surface area (Å²) in [7, 11) is 0. The number of aliphatic hydroxyl groups excluding tert-OH is 2. The molecule has 0 heterocycles. The molecule has 2 nitrogen and oxygen atoms in total. The van der Waals surface area contributed by atoms with E-state index in [-0.39, 0.29) is 12.2 Å². The maximum Gasteiger partial charge on any atom is 0.0564 e. The molecule has 0 aliphatic carbocycles. The summed E-state index contributed by atoms with van der Waals surface area (Å²) >= 11 is 0. The second-order valence-corrected chi connectivity index (χ2v) is 3.45. The molecule has 0 unspecified atom stereocenters. The minimum absolute atomic E-state index is 0.300. The Bertz CT molecular complexity index is 93.8. The first-order valence-corrected chi connectivity index (χ1v) is 5.06. The fourth-order valence-corrected chi connectivity index (χ4v) is 1.23. The van der Waals surface area contributed by atoms with E-state index >= 15 is 0 Å². The number of unbranched alkanes of at least 4 members (excludes halogenated alkanes) is 2. The van der Waals surface area contributed by atoms with Crippen molar-refractivity contribution >= 4 is 0 Å². The SMILES string of the molecule is CCCCC[C@H](O)C[C@@H](O)CC. The summed E-state index contributed by atoms with van der Waals surface area (Å²) in [6.07, 6.45) is 4.94. The van der Waals surface area contributed by atoms with Crippen LogP contribution in [-0.2, 0) is 0 Å². The largest absolute Gasteiger partial charge is 0.393 e. The highest BCUT2D eigenvalue weighted by molar-refractivity contribution is 4.61. The van der Waals surface area contributed by atoms with E-state index in [0.29, 0.717) is 6.42 Å². The van der Waals surface area contributed by atoms with E-state index in [4.69, 9.17) is 0 Å². The summed E-state index contributed by atoms with van der Waals surface area (Å²) in [4.78, 5) is 0. The zero-order valence-corrected chi connectivity index (χ0v) is 8.29. The van der Waals surface area contributed by atoms with Crippen molar-refractivity contribution in [3.63, 3.8) is 0 Å². The zero-order chi connectivity index (χ0) is 9.40. The zero-order valence-electron chi connectivity index (χ0n) is 8.29. The van der Waals surface area contributed by atoms with Crippen molar-refractivity contribution in [1.82, 2.24) is 0 Å². The highest BCUT2D eigenvalue weighted by atomic mass is 16.3. The van der Waals surface area contributed by atoms with Crippen molar-refractivity contribution in [1.29, 1.82) is 0 Å². The first-order chi connectivity index (χ1) is 5.70. The Balaban J connectivity index is 3.26. The molecule has 0 saturated carbocycles. The molecule has 0 amide bonds. The van der Waals surface area contributed by atoms with Crippen molar-refractivity contribution in [2.45, 2.75) is 64.6 Å². The van der Waals surface area contributed by atoms with E-state index in [9.17, 15) is 10.2 Å². The van der Waals surface area contributed by atoms with Gasteiger partial charge in [-0.15, -0.1) is 0 Å². The molecule has 0 aliphatic rings. The van der Waals surface area contributed by atoms with Gasteiger partial charge in [0.1, 0.15) is 0 Å². The van der Waals surface area contributed by atoms with Crippen LogP contribution in [0, 0.1) is 0 Å². The van der Waals surface area contributed by atoms with Gasteiger partial charge in [0.15, 0.2) is 0 Å². The summed E-state index contributed by atoms with van der Waals surface area (Å²) in [6, 6.07) is 0. The second kappa shape index (κ2) is 7.56. The predicted octanol–water partition coefficient (Wildman–Crippen LogP) is 2.09. The first-order valence-electron chi connectivity index (χ1n) is 5.06. The fraction of sp³-hybridized carbons (Fsp3) is 1.00. The maximum absolute atomic E-state index is 9.42. The van der Waals surface area contributed by atoms with Gasteiger partial charge in [-0.05, 0) is 19.3 Å². The number of rotatable bonds is 7. The summed E-state index contributed by atoms with van der Waals surface area (Å²) < 4.78 is 0. The van der Waals surface area contributed by atoms with Gasteiger partial charge < -0.3 is 10.2 Å². The second-order valence-electron chi connectivity index (χ2n) is 3.45. The fourth-order valence-electron chi connectivity index (χ4n) is 1.23. The molecular weight excluding hydrogens is 152 g/mol. The smallest absolute Gasteiger partial charge is 0.0564 e. The lowest BCUT2D eigenvalue weighted by Crippen LogP contribution is -2.16. The summed E-state index contributed by atoms with van der Waals surface area (Å²) in [5.74, 6) is 0. The van der Waals surface area contributed by atoms with E-state index in [0.717, 1.165) is 19.3 Å². The van der Waals surface area contributed by atoms with Crippen LogP contribution in [0.1, 0.15) is 52.4 Å². The average Bonchev–Trinajstić information content (AvgIpc) is 2.05. The lowest BCUT2D eigenvalue weighted by Gasteiger charge is -2.13. The quantitative estimate of drug-likeness (QED) is 0.580. The Morgan fingerprint density at radius 1 is 1.00 bits per heavy atom. The topological polar surface area (TPSA) is 40.5 Å². The Hall–Kier alpha value is -0.0800. The third-order valence-electron chi connectivity index (χ3n) is 2.16. The lowest BCUT2D eigenvalue weighted by atomic mass is 10.0. The van der Waals surface area contributed by atoms with Crippen LogP contribution in [-0.4, -0.2) is 22.4 Å². The molecule has 0 spiro atoms. The van der Waals surface area contributed by atoms with Crippen molar-refractivity contribution in [2.24, 2.45) is 0 Å². The highest BCUT2D eigenvalue weighted by Gasteiger charge is 2.09. The lowest BCUT2D eigenvalue weighted by molar-refractivity contribution is 0.0722. The van der Waals surface area contributed by atoms with Gasteiger partial charge in [-0.2, -0.15) is 0 Å². The highest BCUT2D eigenvalue weighted by Crippen LogP contribution is 2.09. The van der Waals surface area contributed by atoms with Gasteiger partial charge in [0.2, 0.25) is 0 Å². The van der Waals surface area contributed by atoms with Gasteiger partial charge in [-0.1, -0.05) is 33.1 Å². The first kappa shape index (κ1) is 11.9. The molecule has 0 saturated heterocycles. The predicted molar refractivity (Wildman–Crippen MR) is 51.1 cm³/mol. The molecule has 0 aromatic carbocycles. The van der Waals surface area contributed by atoms with E-state index in [1.165, 1.54) is 12.8 Å². The standard InChI is InChI=1S/C10H22O2/c1-3-5-6-7-10(12)8-9(11)4-2/h9-12H,3-8H2,1-2H3/t9-,10-/m0/s1. The van der Waals surface area contributed by atoms with Crippen LogP contribution in [0.2, 0.25) is 0 Å². The van der Waals surface area contributed by atoms with E-state index in [1.807, 2.05) is 6.92 Å². The van der Waals surface area contributed by atoms with Crippen LogP contribution in [0.4, 0.5) is 0 Å². The third kappa shape index (κ3) is 6.62. The van der Waals surface area contributed by atoms with E-state index in [2.05, 4.69) is 6.92 Å². The molecular formula is C10H22O2.